The number of nitro benzene ring substituents is 1. The lowest BCUT2D eigenvalue weighted by Crippen LogP contribution is -2.42. The standard InChI is InChI=1S/C24H31N4O6P/c1-4-20-22(13-23(32-20)26-14-15(2)24(29)25-16(26)3)34-35-27-11-5-6-19(27)21(33-35)12-17-7-9-18(10-8-17)28(30)31/h7-10,14,19-23H,3-6,11-13H2,1-2H3,(H,25,29)/t19-,20+,21+,22+,23+,35+/m0/s1. The Morgan fingerprint density at radius 3 is 2.80 bits per heavy atom. The number of fused-ring (bicyclic) bond motifs is 1. The molecule has 5 rings (SSSR count). The van der Waals surface area contributed by atoms with Crippen molar-refractivity contribution in [3.63, 3.8) is 0 Å². The Morgan fingerprint density at radius 2 is 2.09 bits per heavy atom. The van der Waals surface area contributed by atoms with E-state index in [-0.39, 0.29) is 47.1 Å². The van der Waals surface area contributed by atoms with E-state index in [1.807, 2.05) is 17.0 Å². The maximum absolute atomic E-state index is 11.9. The zero-order chi connectivity index (χ0) is 24.7. The van der Waals surface area contributed by atoms with Crippen LogP contribution in [0.5, 0.6) is 0 Å². The van der Waals surface area contributed by atoms with Crippen molar-refractivity contribution in [2.24, 2.45) is 0 Å². The van der Waals surface area contributed by atoms with E-state index >= 15 is 0 Å². The van der Waals surface area contributed by atoms with Crippen LogP contribution in [0.2, 0.25) is 0 Å². The summed E-state index contributed by atoms with van der Waals surface area (Å²) >= 11 is 0. The summed E-state index contributed by atoms with van der Waals surface area (Å²) in [6, 6.07) is 7.00. The molecule has 6 atom stereocenters. The molecule has 3 fully saturated rings. The molecule has 35 heavy (non-hydrogen) atoms. The summed E-state index contributed by atoms with van der Waals surface area (Å²) < 4.78 is 21.8. The van der Waals surface area contributed by atoms with Gasteiger partial charge in [-0.2, -0.15) is 0 Å². The van der Waals surface area contributed by atoms with E-state index in [0.717, 1.165) is 31.4 Å². The van der Waals surface area contributed by atoms with Gasteiger partial charge in [0.25, 0.3) is 20.1 Å². The van der Waals surface area contributed by atoms with E-state index < -0.39 is 8.53 Å². The summed E-state index contributed by atoms with van der Waals surface area (Å²) in [6.45, 7) is 8.76. The van der Waals surface area contributed by atoms with E-state index in [4.69, 9.17) is 13.8 Å². The van der Waals surface area contributed by atoms with Crippen molar-refractivity contribution in [1.29, 1.82) is 0 Å². The van der Waals surface area contributed by atoms with Gasteiger partial charge in [0.15, 0.2) is 0 Å². The quantitative estimate of drug-likeness (QED) is 0.340. The molecule has 0 unspecified atom stereocenters. The highest BCUT2D eigenvalue weighted by Gasteiger charge is 2.49. The summed E-state index contributed by atoms with van der Waals surface area (Å²) in [4.78, 5) is 24.4. The molecule has 0 aromatic heterocycles. The molecule has 1 amide bonds. The molecule has 0 saturated carbocycles. The first kappa shape index (κ1) is 24.3. The summed E-state index contributed by atoms with van der Waals surface area (Å²) in [5.74, 6) is 0.359. The van der Waals surface area contributed by atoms with Crippen LogP contribution in [0.3, 0.4) is 0 Å². The van der Waals surface area contributed by atoms with Gasteiger partial charge in [0.2, 0.25) is 0 Å². The van der Waals surface area contributed by atoms with Crippen LogP contribution in [-0.2, 0) is 25.0 Å². The Hall–Kier alpha value is -2.36. The average Bonchev–Trinajstić information content (AvgIpc) is 3.54. The molecule has 0 radical (unpaired) electrons. The smallest absolute Gasteiger partial charge is 0.269 e. The lowest BCUT2D eigenvalue weighted by Gasteiger charge is -2.32. The number of nitrogens with one attached hydrogen (secondary N) is 1. The van der Waals surface area contributed by atoms with Gasteiger partial charge in [-0.3, -0.25) is 14.9 Å². The zero-order valence-electron chi connectivity index (χ0n) is 20.0. The fourth-order valence-corrected chi connectivity index (χ4v) is 7.21. The van der Waals surface area contributed by atoms with Crippen LogP contribution in [-0.4, -0.2) is 57.5 Å². The van der Waals surface area contributed by atoms with E-state index in [2.05, 4.69) is 23.5 Å². The first-order valence-corrected chi connectivity index (χ1v) is 13.2. The second kappa shape index (κ2) is 9.95. The van der Waals surface area contributed by atoms with Crippen molar-refractivity contribution in [3.05, 3.63) is 64.1 Å². The summed E-state index contributed by atoms with van der Waals surface area (Å²) in [5.41, 5.74) is 1.72. The van der Waals surface area contributed by atoms with Crippen LogP contribution in [0.25, 0.3) is 0 Å². The van der Waals surface area contributed by atoms with Crippen LogP contribution in [0.1, 0.15) is 45.1 Å². The van der Waals surface area contributed by atoms with Crippen LogP contribution >= 0.6 is 8.53 Å². The Bertz CT molecular complexity index is 1030. The van der Waals surface area contributed by atoms with Gasteiger partial charge in [-0.25, -0.2) is 4.67 Å². The predicted molar refractivity (Wildman–Crippen MR) is 130 cm³/mol. The molecule has 1 aromatic carbocycles. The van der Waals surface area contributed by atoms with E-state index in [1.165, 1.54) is 0 Å². The molecule has 1 aromatic rings. The molecule has 4 aliphatic heterocycles. The molecule has 10 nitrogen and oxygen atoms in total. The third kappa shape index (κ3) is 4.86. The van der Waals surface area contributed by atoms with Crippen LogP contribution in [0.15, 0.2) is 48.4 Å². The molecule has 11 heteroatoms. The SMILES string of the molecule is C=C1NC(=O)C(C)=CN1[C@H]1C[C@@H](O[P@@]2O[C@H](Cc3ccc([N+](=O)[O-])cc3)[C@@H]3CCCN32)[C@@H](CC)O1. The van der Waals surface area contributed by atoms with Gasteiger partial charge in [0.05, 0.1) is 23.2 Å². The molecule has 4 heterocycles. The monoisotopic (exact) mass is 502 g/mol. The Balaban J connectivity index is 1.25. The minimum absolute atomic E-state index is 0.00840. The van der Waals surface area contributed by atoms with E-state index in [1.54, 1.807) is 25.3 Å². The second-order valence-corrected chi connectivity index (χ2v) is 10.8. The van der Waals surface area contributed by atoms with Gasteiger partial charge in [0.1, 0.15) is 12.0 Å². The number of non-ortho nitro benzene ring substituents is 1. The lowest BCUT2D eigenvalue weighted by atomic mass is 10.0. The fourth-order valence-electron chi connectivity index (χ4n) is 5.21. The van der Waals surface area contributed by atoms with Crippen molar-refractivity contribution in [3.8, 4) is 0 Å². The maximum atomic E-state index is 11.9. The highest BCUT2D eigenvalue weighted by Crippen LogP contribution is 2.58. The number of rotatable bonds is 7. The first-order valence-electron chi connectivity index (χ1n) is 12.1. The average molecular weight is 503 g/mol. The third-order valence-corrected chi connectivity index (χ3v) is 8.92. The first-order chi connectivity index (χ1) is 16.8. The predicted octanol–water partition coefficient (Wildman–Crippen LogP) is 3.94. The molecular weight excluding hydrogens is 471 g/mol. The highest BCUT2D eigenvalue weighted by atomic mass is 31.2. The highest BCUT2D eigenvalue weighted by molar-refractivity contribution is 7.45. The van der Waals surface area contributed by atoms with Crippen molar-refractivity contribution in [2.45, 2.75) is 76.5 Å². The van der Waals surface area contributed by atoms with Gasteiger partial charge >= 0.3 is 0 Å². The Labute approximate surface area is 206 Å². The largest absolute Gasteiger partial charge is 0.352 e. The second-order valence-electron chi connectivity index (χ2n) is 9.42. The molecule has 0 bridgehead atoms. The summed E-state index contributed by atoms with van der Waals surface area (Å²) in [7, 11) is -1.23. The molecular formula is C24H31N4O6P. The number of nitrogens with zero attached hydrogens (tertiary/aromatic N) is 3. The Morgan fingerprint density at radius 1 is 1.31 bits per heavy atom. The van der Waals surface area contributed by atoms with Gasteiger partial charge in [0, 0.05) is 49.3 Å². The molecule has 0 spiro atoms. The molecule has 4 aliphatic rings. The number of hydrogen-bond donors (Lipinski definition) is 1. The van der Waals surface area contributed by atoms with Crippen molar-refractivity contribution in [2.75, 3.05) is 6.54 Å². The number of benzene rings is 1. The molecule has 1 N–H and O–H groups in total. The number of carbonyl (C=O) groups is 1. The third-order valence-electron chi connectivity index (χ3n) is 7.10. The van der Waals surface area contributed by atoms with Crippen molar-refractivity contribution < 1.29 is 23.5 Å². The van der Waals surface area contributed by atoms with Gasteiger partial charge < -0.3 is 24.0 Å². The topological polar surface area (TPSA) is 106 Å². The van der Waals surface area contributed by atoms with Gasteiger partial charge in [-0.1, -0.05) is 25.6 Å². The van der Waals surface area contributed by atoms with E-state index in [9.17, 15) is 14.9 Å². The zero-order valence-corrected chi connectivity index (χ0v) is 20.9. The normalized spacial score (nSPS) is 33.1. The summed E-state index contributed by atoms with van der Waals surface area (Å²) in [6.07, 6.45) is 5.59. The van der Waals surface area contributed by atoms with Crippen molar-refractivity contribution >= 4 is 20.1 Å². The number of amides is 1. The van der Waals surface area contributed by atoms with Crippen LogP contribution in [0, 0.1) is 10.1 Å². The van der Waals surface area contributed by atoms with Gasteiger partial charge in [-0.05, 0) is 31.7 Å². The van der Waals surface area contributed by atoms with Crippen molar-refractivity contribution in [1.82, 2.24) is 14.9 Å². The van der Waals surface area contributed by atoms with E-state index in [0.29, 0.717) is 24.2 Å². The van der Waals surface area contributed by atoms with Gasteiger partial charge in [-0.15, -0.1) is 0 Å². The minimum Gasteiger partial charge on any atom is -0.352 e. The maximum Gasteiger partial charge on any atom is 0.269 e. The number of nitro groups is 1. The number of ether oxygens (including phenoxy) is 1. The molecule has 3 saturated heterocycles. The number of carbonyl (C=O) groups excluding carboxylic acids is 1. The molecule has 188 valence electrons. The fraction of sp³-hybridized carbons (Fsp3) is 0.542. The Kier molecular flexibility index (Phi) is 6.92. The van der Waals surface area contributed by atoms with Crippen LogP contribution < -0.4 is 5.32 Å². The number of hydrogen-bond acceptors (Lipinski definition) is 8. The lowest BCUT2D eigenvalue weighted by molar-refractivity contribution is -0.384. The summed E-state index contributed by atoms with van der Waals surface area (Å²) in [5, 5.41) is 13.7. The minimum atomic E-state index is -1.23. The molecule has 0 aliphatic carbocycles. The van der Waals surface area contributed by atoms with Crippen LogP contribution in [0.4, 0.5) is 5.69 Å².